The zero-order valence-electron chi connectivity index (χ0n) is 11.5. The molecule has 5 heteroatoms. The Bertz CT molecular complexity index is 730. The number of hydrogen-bond acceptors (Lipinski definition) is 3. The molecule has 21 heavy (non-hydrogen) atoms. The summed E-state index contributed by atoms with van der Waals surface area (Å²) in [4.78, 5) is 27.6. The van der Waals surface area contributed by atoms with Crippen LogP contribution in [0.2, 0.25) is 0 Å². The fraction of sp³-hybridized carbons (Fsp3) is 0.250. The van der Waals surface area contributed by atoms with Crippen LogP contribution in [0.15, 0.2) is 41.2 Å². The normalized spacial score (nSPS) is 14.4. The SMILES string of the molecule is O=C(O)c1ccc(-c2cccc(N3CCCC3)c2)[nH]c1=O. The van der Waals surface area contributed by atoms with Crippen molar-refractivity contribution in [2.24, 2.45) is 0 Å². The molecule has 0 unspecified atom stereocenters. The Balaban J connectivity index is 1.97. The molecule has 1 aromatic carbocycles. The number of anilines is 1. The van der Waals surface area contributed by atoms with E-state index in [-0.39, 0.29) is 5.56 Å². The zero-order valence-corrected chi connectivity index (χ0v) is 11.5. The molecule has 5 nitrogen and oxygen atoms in total. The summed E-state index contributed by atoms with van der Waals surface area (Å²) in [6.45, 7) is 2.11. The van der Waals surface area contributed by atoms with Crippen LogP contribution in [0.3, 0.4) is 0 Å². The van der Waals surface area contributed by atoms with Crippen molar-refractivity contribution in [1.29, 1.82) is 0 Å². The molecule has 0 saturated carbocycles. The van der Waals surface area contributed by atoms with Gasteiger partial charge in [-0.3, -0.25) is 4.79 Å². The fourth-order valence-electron chi connectivity index (χ4n) is 2.66. The minimum Gasteiger partial charge on any atom is -0.477 e. The number of aromatic carboxylic acids is 1. The number of H-pyrrole nitrogens is 1. The Labute approximate surface area is 121 Å². The summed E-state index contributed by atoms with van der Waals surface area (Å²) in [7, 11) is 0. The number of benzene rings is 1. The van der Waals surface area contributed by atoms with Crippen LogP contribution in [0.5, 0.6) is 0 Å². The first-order chi connectivity index (χ1) is 10.1. The van der Waals surface area contributed by atoms with Gasteiger partial charge in [-0.25, -0.2) is 4.79 Å². The van der Waals surface area contributed by atoms with Crippen molar-refractivity contribution in [3.05, 3.63) is 52.3 Å². The molecule has 1 aliphatic rings. The number of nitrogens with one attached hydrogen (secondary N) is 1. The number of carboxylic acid groups (broad SMARTS) is 1. The summed E-state index contributed by atoms with van der Waals surface area (Å²) in [6.07, 6.45) is 2.41. The molecule has 1 saturated heterocycles. The van der Waals surface area contributed by atoms with Gasteiger partial charge in [0, 0.05) is 30.0 Å². The number of pyridine rings is 1. The third-order valence-electron chi connectivity index (χ3n) is 3.77. The van der Waals surface area contributed by atoms with E-state index in [0.717, 1.165) is 24.3 Å². The molecule has 0 atom stereocenters. The predicted molar refractivity (Wildman–Crippen MR) is 80.9 cm³/mol. The molecule has 3 rings (SSSR count). The van der Waals surface area contributed by atoms with E-state index in [1.54, 1.807) is 6.07 Å². The van der Waals surface area contributed by atoms with Gasteiger partial charge in [-0.05, 0) is 37.1 Å². The van der Waals surface area contributed by atoms with Gasteiger partial charge in [-0.1, -0.05) is 12.1 Å². The number of rotatable bonds is 3. The van der Waals surface area contributed by atoms with Crippen molar-refractivity contribution in [3.63, 3.8) is 0 Å². The first-order valence-electron chi connectivity index (χ1n) is 6.97. The molecular formula is C16H16N2O3. The third-order valence-corrected chi connectivity index (χ3v) is 3.77. The first kappa shape index (κ1) is 13.4. The van der Waals surface area contributed by atoms with Gasteiger partial charge in [0.05, 0.1) is 0 Å². The van der Waals surface area contributed by atoms with E-state index in [2.05, 4.69) is 16.0 Å². The summed E-state index contributed by atoms with van der Waals surface area (Å²) >= 11 is 0. The van der Waals surface area contributed by atoms with Gasteiger partial charge in [-0.15, -0.1) is 0 Å². The van der Waals surface area contributed by atoms with Crippen LogP contribution in [0.1, 0.15) is 23.2 Å². The van der Waals surface area contributed by atoms with Gasteiger partial charge in [0.15, 0.2) is 0 Å². The highest BCUT2D eigenvalue weighted by atomic mass is 16.4. The molecule has 1 fully saturated rings. The van der Waals surface area contributed by atoms with Crippen LogP contribution in [-0.4, -0.2) is 29.1 Å². The highest BCUT2D eigenvalue weighted by Crippen LogP contribution is 2.25. The van der Waals surface area contributed by atoms with Crippen molar-refractivity contribution in [2.75, 3.05) is 18.0 Å². The Hall–Kier alpha value is -2.56. The monoisotopic (exact) mass is 284 g/mol. The number of nitrogens with zero attached hydrogens (tertiary/aromatic N) is 1. The Morgan fingerprint density at radius 3 is 2.57 bits per heavy atom. The summed E-state index contributed by atoms with van der Waals surface area (Å²) in [5, 5.41) is 8.89. The fourth-order valence-corrected chi connectivity index (χ4v) is 2.66. The lowest BCUT2D eigenvalue weighted by molar-refractivity contribution is 0.0695. The quantitative estimate of drug-likeness (QED) is 0.907. The smallest absolute Gasteiger partial charge is 0.341 e. The van der Waals surface area contributed by atoms with Crippen molar-refractivity contribution < 1.29 is 9.90 Å². The molecule has 0 amide bonds. The van der Waals surface area contributed by atoms with E-state index < -0.39 is 11.5 Å². The maximum absolute atomic E-state index is 11.7. The number of hydrogen-bond donors (Lipinski definition) is 2. The minimum atomic E-state index is -1.21. The van der Waals surface area contributed by atoms with Crippen LogP contribution >= 0.6 is 0 Å². The van der Waals surface area contributed by atoms with Crippen LogP contribution in [0, 0.1) is 0 Å². The lowest BCUT2D eigenvalue weighted by Gasteiger charge is -2.18. The number of aromatic nitrogens is 1. The standard InChI is InChI=1S/C16H16N2O3/c19-15-13(16(20)21)6-7-14(17-15)11-4-3-5-12(10-11)18-8-1-2-9-18/h3-7,10H,1-2,8-9H2,(H,17,19)(H,20,21). The highest BCUT2D eigenvalue weighted by molar-refractivity contribution is 5.87. The van der Waals surface area contributed by atoms with Crippen LogP contribution < -0.4 is 10.5 Å². The maximum Gasteiger partial charge on any atom is 0.341 e. The third kappa shape index (κ3) is 2.67. The largest absolute Gasteiger partial charge is 0.477 e. The first-order valence-corrected chi connectivity index (χ1v) is 6.97. The minimum absolute atomic E-state index is 0.241. The number of carbonyl (C=O) groups is 1. The summed E-state index contributed by atoms with van der Waals surface area (Å²) < 4.78 is 0. The lowest BCUT2D eigenvalue weighted by Crippen LogP contribution is -2.18. The topological polar surface area (TPSA) is 73.4 Å². The van der Waals surface area contributed by atoms with Crippen LogP contribution in [0.25, 0.3) is 11.3 Å². The van der Waals surface area contributed by atoms with E-state index in [9.17, 15) is 9.59 Å². The molecule has 1 aromatic heterocycles. The second-order valence-electron chi connectivity index (χ2n) is 5.16. The molecule has 2 N–H and O–H groups in total. The van der Waals surface area contributed by atoms with Crippen molar-refractivity contribution in [1.82, 2.24) is 4.98 Å². The molecular weight excluding hydrogens is 268 g/mol. The van der Waals surface area contributed by atoms with E-state index in [4.69, 9.17) is 5.11 Å². The summed E-state index contributed by atoms with van der Waals surface area (Å²) in [6, 6.07) is 10.9. The summed E-state index contributed by atoms with van der Waals surface area (Å²) in [5.41, 5.74) is 1.83. The molecule has 2 aromatic rings. The predicted octanol–water partition coefficient (Wildman–Crippen LogP) is 2.34. The second kappa shape index (κ2) is 5.44. The molecule has 0 aliphatic carbocycles. The molecule has 0 radical (unpaired) electrons. The Kier molecular flexibility index (Phi) is 3.48. The summed E-state index contributed by atoms with van der Waals surface area (Å²) in [5.74, 6) is -1.21. The van der Waals surface area contributed by atoms with Gasteiger partial charge in [-0.2, -0.15) is 0 Å². The molecule has 2 heterocycles. The van der Waals surface area contributed by atoms with E-state index in [1.165, 1.54) is 18.9 Å². The van der Waals surface area contributed by atoms with Crippen LogP contribution in [0.4, 0.5) is 5.69 Å². The number of aromatic amines is 1. The molecule has 0 spiro atoms. The van der Waals surface area contributed by atoms with Crippen molar-refractivity contribution in [3.8, 4) is 11.3 Å². The second-order valence-corrected chi connectivity index (χ2v) is 5.16. The molecule has 1 aliphatic heterocycles. The van der Waals surface area contributed by atoms with E-state index in [0.29, 0.717) is 5.69 Å². The molecule has 0 bridgehead atoms. The van der Waals surface area contributed by atoms with Crippen LogP contribution in [-0.2, 0) is 0 Å². The zero-order chi connectivity index (χ0) is 14.8. The van der Waals surface area contributed by atoms with Crippen molar-refractivity contribution in [2.45, 2.75) is 12.8 Å². The Morgan fingerprint density at radius 1 is 1.14 bits per heavy atom. The van der Waals surface area contributed by atoms with E-state index >= 15 is 0 Å². The van der Waals surface area contributed by atoms with Crippen molar-refractivity contribution >= 4 is 11.7 Å². The molecule has 108 valence electrons. The maximum atomic E-state index is 11.7. The number of carboxylic acids is 1. The van der Waals surface area contributed by atoms with Gasteiger partial charge >= 0.3 is 5.97 Å². The Morgan fingerprint density at radius 2 is 1.90 bits per heavy atom. The highest BCUT2D eigenvalue weighted by Gasteiger charge is 2.13. The van der Waals surface area contributed by atoms with Gasteiger partial charge in [0.1, 0.15) is 5.56 Å². The average Bonchev–Trinajstić information content (AvgIpc) is 3.01. The van der Waals surface area contributed by atoms with Gasteiger partial charge in [0.2, 0.25) is 0 Å². The average molecular weight is 284 g/mol. The lowest BCUT2D eigenvalue weighted by atomic mass is 10.1. The van der Waals surface area contributed by atoms with E-state index in [1.807, 2.05) is 18.2 Å². The van der Waals surface area contributed by atoms with Gasteiger partial charge in [0.25, 0.3) is 5.56 Å². The van der Waals surface area contributed by atoms with Gasteiger partial charge < -0.3 is 15.0 Å².